The summed E-state index contributed by atoms with van der Waals surface area (Å²) < 4.78 is 29.2. The second-order valence-electron chi connectivity index (χ2n) is 8.49. The largest absolute Gasteiger partial charge is 0.353 e. The SMILES string of the molecule is O=C(CC1Nc2cc(F)cc(F)c2[N+]12CCCCCCC2)NC1CCNCC1. The summed E-state index contributed by atoms with van der Waals surface area (Å²) in [6.45, 7) is 3.41. The predicted molar refractivity (Wildman–Crippen MR) is 107 cm³/mol. The Bertz CT molecular complexity index is 713. The Morgan fingerprint density at radius 1 is 1.07 bits per heavy atom. The lowest BCUT2D eigenvalue weighted by Gasteiger charge is -2.40. The number of rotatable bonds is 3. The molecule has 3 aliphatic heterocycles. The Hall–Kier alpha value is -1.73. The van der Waals surface area contributed by atoms with E-state index in [1.54, 1.807) is 0 Å². The Morgan fingerprint density at radius 3 is 2.46 bits per heavy atom. The number of piperidine rings is 1. The molecular weight excluding hydrogens is 362 g/mol. The fraction of sp³-hybridized carbons (Fsp3) is 0.667. The lowest BCUT2D eigenvalue weighted by molar-refractivity contribution is -0.122. The highest BCUT2D eigenvalue weighted by Crippen LogP contribution is 2.45. The van der Waals surface area contributed by atoms with E-state index in [1.807, 2.05) is 0 Å². The molecule has 3 heterocycles. The van der Waals surface area contributed by atoms with Crippen LogP contribution in [0, 0.1) is 11.6 Å². The van der Waals surface area contributed by atoms with Crippen LogP contribution in [0.25, 0.3) is 0 Å². The Labute approximate surface area is 165 Å². The number of quaternary nitrogens is 1. The smallest absolute Gasteiger partial charge is 0.228 e. The molecule has 28 heavy (non-hydrogen) atoms. The highest BCUT2D eigenvalue weighted by molar-refractivity contribution is 5.81. The minimum absolute atomic E-state index is 0.00218. The third kappa shape index (κ3) is 3.87. The molecule has 1 aromatic rings. The first-order chi connectivity index (χ1) is 13.6. The monoisotopic (exact) mass is 393 g/mol. The van der Waals surface area contributed by atoms with Gasteiger partial charge < -0.3 is 16.0 Å². The molecule has 3 aliphatic rings. The summed E-state index contributed by atoms with van der Waals surface area (Å²) in [6.07, 6.45) is 7.32. The highest BCUT2D eigenvalue weighted by Gasteiger charge is 2.49. The van der Waals surface area contributed by atoms with Crippen LogP contribution < -0.4 is 20.4 Å². The van der Waals surface area contributed by atoms with Gasteiger partial charge in [-0.2, -0.15) is 0 Å². The van der Waals surface area contributed by atoms with E-state index in [9.17, 15) is 13.6 Å². The molecule has 0 radical (unpaired) electrons. The molecule has 2 saturated heterocycles. The van der Waals surface area contributed by atoms with Gasteiger partial charge in [-0.25, -0.2) is 8.78 Å². The van der Waals surface area contributed by atoms with Crippen LogP contribution in [0.15, 0.2) is 12.1 Å². The van der Waals surface area contributed by atoms with Crippen molar-refractivity contribution in [2.24, 2.45) is 0 Å². The maximum Gasteiger partial charge on any atom is 0.228 e. The molecular formula is C21H31F2N4O+. The fourth-order valence-corrected chi connectivity index (χ4v) is 5.21. The van der Waals surface area contributed by atoms with Crippen LogP contribution in [-0.4, -0.2) is 44.3 Å². The van der Waals surface area contributed by atoms with Crippen LogP contribution in [0.4, 0.5) is 20.2 Å². The van der Waals surface area contributed by atoms with Gasteiger partial charge >= 0.3 is 0 Å². The van der Waals surface area contributed by atoms with E-state index in [0.29, 0.717) is 15.9 Å². The Kier molecular flexibility index (Phi) is 5.83. The van der Waals surface area contributed by atoms with E-state index < -0.39 is 11.6 Å². The zero-order valence-electron chi connectivity index (χ0n) is 16.4. The van der Waals surface area contributed by atoms with Gasteiger partial charge in [0.15, 0.2) is 17.7 Å². The minimum Gasteiger partial charge on any atom is -0.353 e. The number of nitrogens with zero attached hydrogens (tertiary/aromatic N) is 1. The van der Waals surface area contributed by atoms with Crippen LogP contribution in [0.1, 0.15) is 51.4 Å². The number of carbonyl (C=O) groups is 1. The first-order valence-corrected chi connectivity index (χ1v) is 10.7. The van der Waals surface area contributed by atoms with Crippen LogP contribution in [0.2, 0.25) is 0 Å². The molecule has 1 spiro atoms. The van der Waals surface area contributed by atoms with Crippen molar-refractivity contribution in [1.29, 1.82) is 0 Å². The summed E-state index contributed by atoms with van der Waals surface area (Å²) in [7, 11) is 0. The summed E-state index contributed by atoms with van der Waals surface area (Å²) in [5.41, 5.74) is 1.06. The molecule has 5 nitrogen and oxygen atoms in total. The zero-order chi connectivity index (χ0) is 19.6. The topological polar surface area (TPSA) is 53.2 Å². The molecule has 4 rings (SSSR count). The maximum atomic E-state index is 14.9. The molecule has 0 aliphatic carbocycles. The number of hydrogen-bond acceptors (Lipinski definition) is 3. The van der Waals surface area contributed by atoms with Crippen molar-refractivity contribution in [2.75, 3.05) is 31.5 Å². The molecule has 1 atom stereocenters. The fourth-order valence-electron chi connectivity index (χ4n) is 5.21. The maximum absolute atomic E-state index is 14.9. The minimum atomic E-state index is -0.575. The lowest BCUT2D eigenvalue weighted by Crippen LogP contribution is -2.59. The van der Waals surface area contributed by atoms with Gasteiger partial charge in [0, 0.05) is 18.2 Å². The van der Waals surface area contributed by atoms with Gasteiger partial charge in [-0.15, -0.1) is 0 Å². The normalized spacial score (nSPS) is 24.9. The summed E-state index contributed by atoms with van der Waals surface area (Å²) >= 11 is 0. The number of hydrogen-bond donors (Lipinski definition) is 3. The van der Waals surface area contributed by atoms with Gasteiger partial charge in [0.2, 0.25) is 5.91 Å². The molecule has 0 aromatic heterocycles. The number of carbonyl (C=O) groups excluding carboxylic acids is 1. The number of halogens is 2. The van der Waals surface area contributed by atoms with E-state index in [1.165, 1.54) is 12.5 Å². The average Bonchev–Trinajstić information content (AvgIpc) is 2.92. The van der Waals surface area contributed by atoms with Crippen LogP contribution in [0.3, 0.4) is 0 Å². The third-order valence-corrected chi connectivity index (χ3v) is 6.59. The van der Waals surface area contributed by atoms with E-state index in [4.69, 9.17) is 0 Å². The number of amides is 1. The van der Waals surface area contributed by atoms with Gasteiger partial charge in [-0.1, -0.05) is 6.42 Å². The van der Waals surface area contributed by atoms with Crippen molar-refractivity contribution >= 4 is 17.3 Å². The van der Waals surface area contributed by atoms with Gasteiger partial charge in [-0.05, 0) is 51.6 Å². The van der Waals surface area contributed by atoms with E-state index in [-0.39, 0.29) is 24.5 Å². The summed E-state index contributed by atoms with van der Waals surface area (Å²) in [5.74, 6) is -1.07. The average molecular weight is 394 g/mol. The van der Waals surface area contributed by atoms with Crippen molar-refractivity contribution < 1.29 is 13.6 Å². The zero-order valence-corrected chi connectivity index (χ0v) is 16.4. The van der Waals surface area contributed by atoms with Gasteiger partial charge in [0.25, 0.3) is 0 Å². The molecule has 1 aromatic carbocycles. The van der Waals surface area contributed by atoms with Gasteiger partial charge in [0.1, 0.15) is 11.5 Å². The first kappa shape index (κ1) is 19.6. The third-order valence-electron chi connectivity index (χ3n) is 6.59. The molecule has 154 valence electrons. The van der Waals surface area contributed by atoms with E-state index in [0.717, 1.165) is 70.8 Å². The molecule has 7 heteroatoms. The summed E-state index contributed by atoms with van der Waals surface area (Å²) in [4.78, 5) is 12.8. The second-order valence-corrected chi connectivity index (χ2v) is 8.49. The lowest BCUT2D eigenvalue weighted by atomic mass is 10.0. The van der Waals surface area contributed by atoms with Crippen LogP contribution >= 0.6 is 0 Å². The van der Waals surface area contributed by atoms with E-state index >= 15 is 0 Å². The van der Waals surface area contributed by atoms with Gasteiger partial charge in [-0.3, -0.25) is 9.28 Å². The van der Waals surface area contributed by atoms with Crippen molar-refractivity contribution in [3.63, 3.8) is 0 Å². The van der Waals surface area contributed by atoms with E-state index in [2.05, 4.69) is 16.0 Å². The number of fused-ring (bicyclic) bond motifs is 2. The Morgan fingerprint density at radius 2 is 1.75 bits per heavy atom. The molecule has 1 unspecified atom stereocenters. The standard InChI is InChI=1S/C21H30F2N4O/c22-15-12-17(23)21-18(13-15)26-19(27(21)10-4-2-1-3-5-11-27)14-20(28)25-16-6-8-24-9-7-16/h12-13,16,19,24,26H,1-11,14H2/p+1. The summed E-state index contributed by atoms with van der Waals surface area (Å²) in [5, 5.41) is 9.76. The highest BCUT2D eigenvalue weighted by atomic mass is 19.1. The molecule has 0 saturated carbocycles. The molecule has 3 N–H and O–H groups in total. The molecule has 0 bridgehead atoms. The Balaban J connectivity index is 1.58. The molecule has 2 fully saturated rings. The number of anilines is 1. The van der Waals surface area contributed by atoms with Crippen molar-refractivity contribution in [3.05, 3.63) is 23.8 Å². The van der Waals surface area contributed by atoms with Crippen LogP contribution in [-0.2, 0) is 4.79 Å². The first-order valence-electron chi connectivity index (χ1n) is 10.7. The van der Waals surface area contributed by atoms with Crippen molar-refractivity contribution in [1.82, 2.24) is 15.1 Å². The second kappa shape index (κ2) is 8.33. The van der Waals surface area contributed by atoms with Crippen molar-refractivity contribution in [2.45, 2.75) is 63.6 Å². The number of benzene rings is 1. The van der Waals surface area contributed by atoms with Crippen molar-refractivity contribution in [3.8, 4) is 0 Å². The quantitative estimate of drug-likeness (QED) is 0.691. The number of nitrogens with one attached hydrogen (secondary N) is 3. The van der Waals surface area contributed by atoms with Crippen LogP contribution in [0.5, 0.6) is 0 Å². The molecule has 1 amide bonds. The summed E-state index contributed by atoms with van der Waals surface area (Å²) in [6, 6.07) is 2.56. The van der Waals surface area contributed by atoms with Gasteiger partial charge in [0.05, 0.1) is 19.5 Å². The predicted octanol–water partition coefficient (Wildman–Crippen LogP) is 3.25.